The van der Waals surface area contributed by atoms with Crippen molar-refractivity contribution < 1.29 is 13.2 Å². The van der Waals surface area contributed by atoms with Crippen molar-refractivity contribution in [2.45, 2.75) is 37.6 Å². The summed E-state index contributed by atoms with van der Waals surface area (Å²) >= 11 is 0. The van der Waals surface area contributed by atoms with Crippen molar-refractivity contribution in [1.29, 1.82) is 0 Å². The smallest absolute Gasteiger partial charge is 0.254 e. The van der Waals surface area contributed by atoms with E-state index in [0.29, 0.717) is 18.4 Å². The number of amides is 1. The lowest BCUT2D eigenvalue weighted by Crippen LogP contribution is -2.56. The Morgan fingerprint density at radius 2 is 1.66 bits per heavy atom. The average molecular weight is 413 g/mol. The predicted molar refractivity (Wildman–Crippen MR) is 115 cm³/mol. The van der Waals surface area contributed by atoms with E-state index >= 15 is 0 Å². The third kappa shape index (κ3) is 4.23. The van der Waals surface area contributed by atoms with E-state index in [1.54, 1.807) is 0 Å². The number of nitrogens with zero attached hydrogens (tertiary/aromatic N) is 2. The highest BCUT2D eigenvalue weighted by atomic mass is 32.2. The largest absolute Gasteiger partial charge is 0.333 e. The lowest BCUT2D eigenvalue weighted by Gasteiger charge is -2.40. The Morgan fingerprint density at radius 1 is 0.966 bits per heavy atom. The maximum atomic E-state index is 13.1. The number of fused-ring (bicyclic) bond motifs is 1. The molecule has 6 heteroatoms. The van der Waals surface area contributed by atoms with E-state index in [1.165, 1.54) is 11.1 Å². The predicted octanol–water partition coefficient (Wildman–Crippen LogP) is 2.90. The summed E-state index contributed by atoms with van der Waals surface area (Å²) in [6.07, 6.45) is 1.27. The molecule has 2 aromatic carbocycles. The minimum atomic E-state index is -3.18. The normalized spacial score (nSPS) is 24.5. The second-order valence-electron chi connectivity index (χ2n) is 8.12. The molecule has 0 radical (unpaired) electrons. The Morgan fingerprint density at radius 3 is 2.41 bits per heavy atom. The number of rotatable bonds is 3. The number of carbonyl (C=O) groups excluding carboxylic acids is 1. The molecule has 2 aromatic rings. The Kier molecular flexibility index (Phi) is 5.74. The third-order valence-electron chi connectivity index (χ3n) is 6.32. The van der Waals surface area contributed by atoms with Gasteiger partial charge in [-0.05, 0) is 49.6 Å². The van der Waals surface area contributed by atoms with E-state index in [1.807, 2.05) is 47.4 Å². The lowest BCUT2D eigenvalue weighted by molar-refractivity contribution is 0.0665. The van der Waals surface area contributed by atoms with Crippen LogP contribution in [0.3, 0.4) is 0 Å². The van der Waals surface area contributed by atoms with Crippen LogP contribution in [0.5, 0.6) is 0 Å². The first-order valence-electron chi connectivity index (χ1n) is 10.3. The van der Waals surface area contributed by atoms with E-state index in [4.69, 9.17) is 0 Å². The Bertz CT molecular complexity index is 975. The molecule has 0 unspecified atom stereocenters. The standard InChI is InChI=1S/C23H28N2O3S/c1-18-7-5-6-10-20(18)17-24-13-11-21-22(12-14-24)29(27,28)16-15-25(21)23(26)19-8-3-2-4-9-19/h2-10,21-22H,11-17H2,1H3/t21-,22-/m0/s1. The van der Waals surface area contributed by atoms with E-state index < -0.39 is 15.1 Å². The van der Waals surface area contributed by atoms with E-state index in [9.17, 15) is 13.2 Å². The van der Waals surface area contributed by atoms with E-state index in [2.05, 4.69) is 24.0 Å². The zero-order chi connectivity index (χ0) is 20.4. The monoisotopic (exact) mass is 412 g/mol. The summed E-state index contributed by atoms with van der Waals surface area (Å²) in [5.41, 5.74) is 3.16. The molecule has 0 N–H and O–H groups in total. The second-order valence-corrected chi connectivity index (χ2v) is 10.5. The molecule has 5 nitrogen and oxygen atoms in total. The van der Waals surface area contributed by atoms with Gasteiger partial charge in [0.25, 0.3) is 5.91 Å². The van der Waals surface area contributed by atoms with Crippen LogP contribution in [-0.2, 0) is 16.4 Å². The number of hydrogen-bond donors (Lipinski definition) is 0. The number of benzene rings is 2. The third-order valence-corrected chi connectivity index (χ3v) is 8.54. The first kappa shape index (κ1) is 20.1. The fraction of sp³-hybridized carbons (Fsp3) is 0.435. The van der Waals surface area contributed by atoms with Gasteiger partial charge in [0.1, 0.15) is 0 Å². The summed E-state index contributed by atoms with van der Waals surface area (Å²) in [4.78, 5) is 17.3. The molecule has 0 aromatic heterocycles. The number of aryl methyl sites for hydroxylation is 1. The highest BCUT2D eigenvalue weighted by Gasteiger charge is 2.44. The fourth-order valence-corrected chi connectivity index (χ4v) is 6.60. The minimum Gasteiger partial charge on any atom is -0.333 e. The van der Waals surface area contributed by atoms with Crippen LogP contribution >= 0.6 is 0 Å². The van der Waals surface area contributed by atoms with Crippen molar-refractivity contribution >= 4 is 15.7 Å². The van der Waals surface area contributed by atoms with Crippen molar-refractivity contribution in [3.63, 3.8) is 0 Å². The molecule has 29 heavy (non-hydrogen) atoms. The molecule has 2 fully saturated rings. The molecule has 0 spiro atoms. The van der Waals surface area contributed by atoms with Crippen LogP contribution in [-0.4, -0.2) is 60.8 Å². The first-order chi connectivity index (χ1) is 14.0. The molecule has 0 aliphatic carbocycles. The second kappa shape index (κ2) is 8.28. The molecule has 0 saturated carbocycles. The number of sulfone groups is 1. The van der Waals surface area contributed by atoms with Crippen molar-refractivity contribution in [2.24, 2.45) is 0 Å². The van der Waals surface area contributed by atoms with Gasteiger partial charge in [0.15, 0.2) is 9.84 Å². The Hall–Kier alpha value is -2.18. The Balaban J connectivity index is 1.55. The van der Waals surface area contributed by atoms with Gasteiger partial charge in [-0.1, -0.05) is 42.5 Å². The van der Waals surface area contributed by atoms with Crippen LogP contribution in [0.15, 0.2) is 54.6 Å². The molecule has 2 heterocycles. The zero-order valence-electron chi connectivity index (χ0n) is 16.8. The van der Waals surface area contributed by atoms with Gasteiger partial charge in [0, 0.05) is 25.2 Å². The maximum absolute atomic E-state index is 13.1. The van der Waals surface area contributed by atoms with Gasteiger partial charge in [-0.3, -0.25) is 9.69 Å². The topological polar surface area (TPSA) is 57.7 Å². The molecule has 0 bridgehead atoms. The molecule has 1 amide bonds. The molecule has 154 valence electrons. The summed E-state index contributed by atoms with van der Waals surface area (Å²) in [7, 11) is -3.18. The highest BCUT2D eigenvalue weighted by molar-refractivity contribution is 7.92. The number of likely N-dealkylation sites (tertiary alicyclic amines) is 1. The van der Waals surface area contributed by atoms with Crippen LogP contribution in [0.2, 0.25) is 0 Å². The van der Waals surface area contributed by atoms with Crippen molar-refractivity contribution in [2.75, 3.05) is 25.4 Å². The maximum Gasteiger partial charge on any atom is 0.254 e. The Labute approximate surface area is 173 Å². The molecular formula is C23H28N2O3S. The molecule has 2 aliphatic rings. The fourth-order valence-electron chi connectivity index (χ4n) is 4.62. The van der Waals surface area contributed by atoms with Gasteiger partial charge in [-0.15, -0.1) is 0 Å². The van der Waals surface area contributed by atoms with Crippen LogP contribution in [0.4, 0.5) is 0 Å². The van der Waals surface area contributed by atoms with Gasteiger partial charge >= 0.3 is 0 Å². The van der Waals surface area contributed by atoms with Crippen molar-refractivity contribution in [1.82, 2.24) is 9.80 Å². The minimum absolute atomic E-state index is 0.0529. The highest BCUT2D eigenvalue weighted by Crippen LogP contribution is 2.30. The van der Waals surface area contributed by atoms with Gasteiger partial charge in [0.05, 0.1) is 17.0 Å². The molecule has 2 aliphatic heterocycles. The van der Waals surface area contributed by atoms with Gasteiger partial charge < -0.3 is 4.90 Å². The van der Waals surface area contributed by atoms with Gasteiger partial charge in [-0.25, -0.2) is 8.42 Å². The SMILES string of the molecule is Cc1ccccc1CN1CC[C@H]2[C@H](CC1)S(=O)(=O)CCN2C(=O)c1ccccc1. The zero-order valence-corrected chi connectivity index (χ0v) is 17.6. The van der Waals surface area contributed by atoms with Crippen LogP contribution in [0, 0.1) is 6.92 Å². The van der Waals surface area contributed by atoms with Crippen molar-refractivity contribution in [3.05, 3.63) is 71.3 Å². The molecule has 4 rings (SSSR count). The van der Waals surface area contributed by atoms with Gasteiger partial charge in [-0.2, -0.15) is 0 Å². The summed E-state index contributed by atoms with van der Waals surface area (Å²) < 4.78 is 25.7. The lowest BCUT2D eigenvalue weighted by atomic mass is 10.0. The summed E-state index contributed by atoms with van der Waals surface area (Å²) in [6.45, 7) is 4.75. The quantitative estimate of drug-likeness (QED) is 0.778. The van der Waals surface area contributed by atoms with Crippen molar-refractivity contribution in [3.8, 4) is 0 Å². The van der Waals surface area contributed by atoms with Gasteiger partial charge in [0.2, 0.25) is 0 Å². The van der Waals surface area contributed by atoms with Crippen LogP contribution in [0.25, 0.3) is 0 Å². The molecular weight excluding hydrogens is 384 g/mol. The summed E-state index contributed by atoms with van der Waals surface area (Å²) in [5.74, 6) is 0.00714. The summed E-state index contributed by atoms with van der Waals surface area (Å²) in [6, 6.07) is 17.3. The summed E-state index contributed by atoms with van der Waals surface area (Å²) in [5, 5.41) is -0.467. The van der Waals surface area contributed by atoms with Crippen LogP contribution < -0.4 is 0 Å². The van der Waals surface area contributed by atoms with E-state index in [0.717, 1.165) is 19.6 Å². The molecule has 2 atom stereocenters. The average Bonchev–Trinajstić information content (AvgIpc) is 2.94. The first-order valence-corrected chi connectivity index (χ1v) is 12.0. The molecule has 2 saturated heterocycles. The number of hydrogen-bond acceptors (Lipinski definition) is 4. The van der Waals surface area contributed by atoms with E-state index in [-0.39, 0.29) is 24.2 Å². The number of carbonyl (C=O) groups is 1. The van der Waals surface area contributed by atoms with Crippen LogP contribution in [0.1, 0.15) is 34.3 Å².